The predicted molar refractivity (Wildman–Crippen MR) is 17.6 cm³/mol. The summed E-state index contributed by atoms with van der Waals surface area (Å²) in [6.45, 7) is 0. The van der Waals surface area contributed by atoms with Crippen molar-refractivity contribution in [2.45, 2.75) is 0 Å². The van der Waals surface area contributed by atoms with Gasteiger partial charge in [0.25, 0.3) is 0 Å². The van der Waals surface area contributed by atoms with E-state index in [2.05, 4.69) is 0 Å². The van der Waals surface area contributed by atoms with Crippen molar-refractivity contribution in [3.63, 3.8) is 0 Å². The van der Waals surface area contributed by atoms with Crippen LogP contribution in [0.2, 0.25) is 0 Å². The van der Waals surface area contributed by atoms with Crippen LogP contribution in [-0.2, 0) is 12.3 Å². The molecule has 0 spiro atoms. The van der Waals surface area contributed by atoms with Crippen LogP contribution in [0.25, 0.3) is 0 Å². The Morgan fingerprint density at radius 2 is 1.00 bits per heavy atom. The molecule has 0 nitrogen and oxygen atoms in total. The van der Waals surface area contributed by atoms with Crippen molar-refractivity contribution in [2.24, 2.45) is 0 Å². The molecule has 0 aliphatic carbocycles. The molecule has 0 unspecified atom stereocenters. The van der Waals surface area contributed by atoms with Crippen molar-refractivity contribution in [1.82, 2.24) is 0 Å². The van der Waals surface area contributed by atoms with E-state index in [1.807, 2.05) is 0 Å². The third-order valence-electron chi connectivity index (χ3n) is 0. The van der Waals surface area contributed by atoms with E-state index in [0.717, 1.165) is 0 Å². The fourth-order valence-electron chi connectivity index (χ4n) is 0. The molecular formula is Cl3V. The average molecular weight is 157 g/mol. The molecule has 0 radical (unpaired) electrons. The first kappa shape index (κ1) is 5.45. The quantitative estimate of drug-likeness (QED) is 0.505. The molecule has 0 fully saturated rings. The second-order valence-electron chi connectivity index (χ2n) is 0.192. The van der Waals surface area contributed by atoms with Crippen LogP contribution in [0.3, 0.4) is 0 Å². The SMILES string of the molecule is [Cl][V]([Cl])[Cl]. The first-order valence-electron chi connectivity index (χ1n) is 0.507. The van der Waals surface area contributed by atoms with Gasteiger partial charge in [0.15, 0.2) is 0 Å². The van der Waals surface area contributed by atoms with Crippen LogP contribution >= 0.6 is 29.5 Å². The van der Waals surface area contributed by atoms with Gasteiger partial charge in [0.2, 0.25) is 0 Å². The Balaban J connectivity index is 2.32. The maximum absolute atomic E-state index is 4.95. The van der Waals surface area contributed by atoms with Crippen LogP contribution in [-0.4, -0.2) is 0 Å². The summed E-state index contributed by atoms with van der Waals surface area (Å²) in [6, 6.07) is 0. The molecule has 0 saturated heterocycles. The van der Waals surface area contributed by atoms with E-state index in [0.29, 0.717) is 0 Å². The zero-order valence-electron chi connectivity index (χ0n) is 1.58. The Morgan fingerprint density at radius 1 is 1.00 bits per heavy atom. The second kappa shape index (κ2) is 2.68. The van der Waals surface area contributed by atoms with Crippen LogP contribution in [0.15, 0.2) is 0 Å². The molecule has 0 aromatic rings. The van der Waals surface area contributed by atoms with Crippen LogP contribution in [0.5, 0.6) is 0 Å². The van der Waals surface area contributed by atoms with Gasteiger partial charge in [0, 0.05) is 0 Å². The monoisotopic (exact) mass is 156 g/mol. The number of rotatable bonds is 0. The van der Waals surface area contributed by atoms with Crippen molar-refractivity contribution in [2.75, 3.05) is 0 Å². The third-order valence-corrected chi connectivity index (χ3v) is 0. The van der Waals surface area contributed by atoms with Crippen LogP contribution in [0.1, 0.15) is 0 Å². The van der Waals surface area contributed by atoms with Gasteiger partial charge in [0.05, 0.1) is 0 Å². The molecule has 0 aromatic heterocycles. The maximum atomic E-state index is 4.95. The van der Waals surface area contributed by atoms with Gasteiger partial charge in [-0.1, -0.05) is 0 Å². The van der Waals surface area contributed by atoms with Crippen molar-refractivity contribution >= 4 is 29.5 Å². The number of halogens is 3. The van der Waals surface area contributed by atoms with Crippen LogP contribution < -0.4 is 0 Å². The molecule has 0 bridgehead atoms. The van der Waals surface area contributed by atoms with Crippen LogP contribution in [0, 0.1) is 0 Å². The fraction of sp³-hybridized carbons (Fsp3) is 0. The van der Waals surface area contributed by atoms with Gasteiger partial charge in [-0.25, -0.2) is 0 Å². The second-order valence-corrected chi connectivity index (χ2v) is 7.11. The Morgan fingerprint density at radius 3 is 1.00 bits per heavy atom. The average Bonchev–Trinajstić information content (AvgIpc) is 0.811. The van der Waals surface area contributed by atoms with E-state index in [4.69, 9.17) is 29.5 Å². The Labute approximate surface area is 41.9 Å². The summed E-state index contributed by atoms with van der Waals surface area (Å²) in [6.07, 6.45) is 0. The van der Waals surface area contributed by atoms with Crippen molar-refractivity contribution in [3.8, 4) is 0 Å². The van der Waals surface area contributed by atoms with Gasteiger partial charge in [-0.3, -0.25) is 0 Å². The first-order valence-corrected chi connectivity index (χ1v) is 6.27. The summed E-state index contributed by atoms with van der Waals surface area (Å²) in [5.74, 6) is 0. The third kappa shape index (κ3) is 9.84. The van der Waals surface area contributed by atoms with Gasteiger partial charge in [-0.2, -0.15) is 0 Å². The summed E-state index contributed by atoms with van der Waals surface area (Å²) in [4.78, 5) is 0. The topological polar surface area (TPSA) is 0 Å². The minimum absolute atomic E-state index is 1.77. The Bertz CT molecular complexity index is 8.00. The van der Waals surface area contributed by atoms with E-state index < -0.39 is 12.3 Å². The number of hydrogen-bond donors (Lipinski definition) is 0. The minimum atomic E-state index is -1.77. The first-order chi connectivity index (χ1) is 1.73. The van der Waals surface area contributed by atoms with E-state index in [-0.39, 0.29) is 0 Å². The normalized spacial score (nSPS) is 9.00. The molecule has 0 rings (SSSR count). The molecule has 4 heteroatoms. The molecule has 0 amide bonds. The molecule has 0 aromatic carbocycles. The Kier molecular flexibility index (Phi) is 3.65. The van der Waals surface area contributed by atoms with Gasteiger partial charge >= 0.3 is 41.8 Å². The molecule has 0 aliphatic rings. The standard InChI is InChI=1S/3ClH.V/h3*1H;/q;;;+3/p-3. The fourth-order valence-corrected chi connectivity index (χ4v) is 0. The molecule has 4 heavy (non-hydrogen) atoms. The van der Waals surface area contributed by atoms with E-state index >= 15 is 0 Å². The summed E-state index contributed by atoms with van der Waals surface area (Å²) in [5.41, 5.74) is 0. The van der Waals surface area contributed by atoms with Crippen molar-refractivity contribution < 1.29 is 12.3 Å². The van der Waals surface area contributed by atoms with Gasteiger partial charge in [-0.15, -0.1) is 0 Å². The van der Waals surface area contributed by atoms with E-state index in [9.17, 15) is 0 Å². The summed E-state index contributed by atoms with van der Waals surface area (Å²) in [7, 11) is 14.9. The molecule has 0 atom stereocenters. The van der Waals surface area contributed by atoms with Crippen molar-refractivity contribution in [1.29, 1.82) is 0 Å². The molecule has 0 aliphatic heterocycles. The van der Waals surface area contributed by atoms with Gasteiger partial charge < -0.3 is 0 Å². The van der Waals surface area contributed by atoms with Crippen LogP contribution in [0.4, 0.5) is 0 Å². The van der Waals surface area contributed by atoms with Gasteiger partial charge in [0.1, 0.15) is 0 Å². The summed E-state index contributed by atoms with van der Waals surface area (Å²) < 4.78 is 0. The van der Waals surface area contributed by atoms with E-state index in [1.165, 1.54) is 0 Å². The van der Waals surface area contributed by atoms with Gasteiger partial charge in [-0.05, 0) is 0 Å². The zero-order chi connectivity index (χ0) is 3.58. The zero-order valence-corrected chi connectivity index (χ0v) is 5.25. The summed E-state index contributed by atoms with van der Waals surface area (Å²) in [5, 5.41) is 0. The predicted octanol–water partition coefficient (Wildman–Crippen LogP) is 2.07. The molecule has 26 valence electrons. The molecular weight excluding hydrogens is 157 g/mol. The van der Waals surface area contributed by atoms with E-state index in [1.54, 1.807) is 0 Å². The molecule has 0 saturated carbocycles. The Hall–Kier alpha value is 1.45. The number of hydrogen-bond acceptors (Lipinski definition) is 0. The molecule has 0 heterocycles. The molecule has 0 N–H and O–H groups in total. The van der Waals surface area contributed by atoms with Crippen molar-refractivity contribution in [3.05, 3.63) is 0 Å². The summed E-state index contributed by atoms with van der Waals surface area (Å²) >= 11 is -1.77.